The summed E-state index contributed by atoms with van der Waals surface area (Å²) in [5, 5.41) is 12.5. The average molecular weight is 262 g/mol. The number of primary amides is 1. The van der Waals surface area contributed by atoms with Crippen LogP contribution in [0, 0.1) is 5.92 Å². The van der Waals surface area contributed by atoms with Gasteiger partial charge >= 0.3 is 0 Å². The first-order valence-electron chi connectivity index (χ1n) is 6.44. The van der Waals surface area contributed by atoms with Crippen molar-refractivity contribution in [2.45, 2.75) is 25.4 Å². The van der Waals surface area contributed by atoms with Crippen molar-refractivity contribution in [2.24, 2.45) is 11.7 Å². The molecule has 5 nitrogen and oxygen atoms in total. The lowest BCUT2D eigenvalue weighted by atomic mass is 10.1. The summed E-state index contributed by atoms with van der Waals surface area (Å²) in [6.45, 7) is 0.484. The Morgan fingerprint density at radius 3 is 2.37 bits per heavy atom. The highest BCUT2D eigenvalue weighted by atomic mass is 16.3. The SMILES string of the molecule is NC(=O)c1ccc(C(=O)NCC2CCCC2O)cc1. The summed E-state index contributed by atoms with van der Waals surface area (Å²) in [5.41, 5.74) is 5.99. The summed E-state index contributed by atoms with van der Waals surface area (Å²) in [5.74, 6) is -0.565. The van der Waals surface area contributed by atoms with E-state index in [1.807, 2.05) is 0 Å². The number of hydrogen-bond donors (Lipinski definition) is 3. The molecule has 5 heteroatoms. The van der Waals surface area contributed by atoms with Gasteiger partial charge in [0.25, 0.3) is 5.91 Å². The van der Waals surface area contributed by atoms with E-state index >= 15 is 0 Å². The van der Waals surface area contributed by atoms with E-state index in [2.05, 4.69) is 5.32 Å². The second kappa shape index (κ2) is 5.84. The standard InChI is InChI=1S/C14H18N2O3/c15-13(18)9-4-6-10(7-5-9)14(19)16-8-11-2-1-3-12(11)17/h4-7,11-12,17H,1-3,8H2,(H2,15,18)(H,16,19). The van der Waals surface area contributed by atoms with Crippen LogP contribution in [0.5, 0.6) is 0 Å². The number of nitrogens with one attached hydrogen (secondary N) is 1. The van der Waals surface area contributed by atoms with Crippen LogP contribution in [0.2, 0.25) is 0 Å². The predicted octanol–water partition coefficient (Wildman–Crippen LogP) is 0.676. The zero-order valence-corrected chi connectivity index (χ0v) is 10.6. The summed E-state index contributed by atoms with van der Waals surface area (Å²) in [7, 11) is 0. The van der Waals surface area contributed by atoms with Crippen molar-refractivity contribution in [3.63, 3.8) is 0 Å². The van der Waals surface area contributed by atoms with Crippen LogP contribution in [0.25, 0.3) is 0 Å². The molecule has 0 heterocycles. The van der Waals surface area contributed by atoms with Gasteiger partial charge in [0, 0.05) is 23.6 Å². The van der Waals surface area contributed by atoms with E-state index < -0.39 is 5.91 Å². The molecular formula is C14H18N2O3. The summed E-state index contributed by atoms with van der Waals surface area (Å²) < 4.78 is 0. The summed E-state index contributed by atoms with van der Waals surface area (Å²) in [4.78, 5) is 22.8. The van der Waals surface area contributed by atoms with Gasteiger partial charge in [0.2, 0.25) is 5.91 Å². The highest BCUT2D eigenvalue weighted by Crippen LogP contribution is 2.24. The highest BCUT2D eigenvalue weighted by molar-refractivity contribution is 5.97. The molecule has 0 aliphatic heterocycles. The van der Waals surface area contributed by atoms with Crippen LogP contribution in [0.3, 0.4) is 0 Å². The molecule has 0 bridgehead atoms. The van der Waals surface area contributed by atoms with Gasteiger partial charge in [0.1, 0.15) is 0 Å². The Kier molecular flexibility index (Phi) is 4.16. The second-order valence-corrected chi connectivity index (χ2v) is 4.91. The molecular weight excluding hydrogens is 244 g/mol. The molecule has 0 aromatic heterocycles. The maximum Gasteiger partial charge on any atom is 0.251 e. The molecule has 2 atom stereocenters. The Labute approximate surface area is 111 Å². The van der Waals surface area contributed by atoms with Gasteiger partial charge in [-0.15, -0.1) is 0 Å². The zero-order chi connectivity index (χ0) is 13.8. The van der Waals surface area contributed by atoms with Crippen LogP contribution < -0.4 is 11.1 Å². The third-order valence-corrected chi connectivity index (χ3v) is 3.58. The molecule has 1 fully saturated rings. The van der Waals surface area contributed by atoms with Gasteiger partial charge in [-0.25, -0.2) is 0 Å². The molecule has 4 N–H and O–H groups in total. The Balaban J connectivity index is 1.90. The first-order valence-corrected chi connectivity index (χ1v) is 6.44. The Hall–Kier alpha value is -1.88. The van der Waals surface area contributed by atoms with Crippen molar-refractivity contribution in [1.82, 2.24) is 5.32 Å². The lowest BCUT2D eigenvalue weighted by Crippen LogP contribution is -2.32. The topological polar surface area (TPSA) is 92.4 Å². The van der Waals surface area contributed by atoms with Gasteiger partial charge in [0.15, 0.2) is 0 Å². The average Bonchev–Trinajstić information content (AvgIpc) is 2.81. The lowest BCUT2D eigenvalue weighted by molar-refractivity contribution is 0.0915. The largest absolute Gasteiger partial charge is 0.393 e. The first kappa shape index (κ1) is 13.5. The number of aliphatic hydroxyl groups excluding tert-OH is 1. The van der Waals surface area contributed by atoms with Gasteiger partial charge in [-0.05, 0) is 37.1 Å². The maximum absolute atomic E-state index is 11.9. The maximum atomic E-state index is 11.9. The first-order chi connectivity index (χ1) is 9.08. The number of aliphatic hydroxyl groups is 1. The van der Waals surface area contributed by atoms with E-state index in [0.29, 0.717) is 17.7 Å². The minimum atomic E-state index is -0.513. The van der Waals surface area contributed by atoms with Crippen LogP contribution in [0.4, 0.5) is 0 Å². The van der Waals surface area contributed by atoms with Gasteiger partial charge < -0.3 is 16.2 Å². The number of nitrogens with two attached hydrogens (primary N) is 1. The molecule has 102 valence electrons. The molecule has 1 saturated carbocycles. The summed E-state index contributed by atoms with van der Waals surface area (Å²) >= 11 is 0. The van der Waals surface area contributed by atoms with E-state index in [9.17, 15) is 14.7 Å². The summed E-state index contributed by atoms with van der Waals surface area (Å²) in [6.07, 6.45) is 2.46. The van der Waals surface area contributed by atoms with Crippen molar-refractivity contribution in [3.05, 3.63) is 35.4 Å². The minimum Gasteiger partial charge on any atom is -0.393 e. The van der Waals surface area contributed by atoms with Crippen molar-refractivity contribution in [2.75, 3.05) is 6.54 Å². The quantitative estimate of drug-likeness (QED) is 0.745. The molecule has 0 radical (unpaired) electrons. The van der Waals surface area contributed by atoms with E-state index in [-0.39, 0.29) is 17.9 Å². The molecule has 1 aromatic carbocycles. The number of benzene rings is 1. The van der Waals surface area contributed by atoms with E-state index in [0.717, 1.165) is 19.3 Å². The number of amides is 2. The Bertz CT molecular complexity index is 470. The smallest absolute Gasteiger partial charge is 0.251 e. The molecule has 2 amide bonds. The molecule has 2 unspecified atom stereocenters. The molecule has 1 aliphatic rings. The predicted molar refractivity (Wildman–Crippen MR) is 70.6 cm³/mol. The molecule has 1 aliphatic carbocycles. The Morgan fingerprint density at radius 1 is 1.21 bits per heavy atom. The van der Waals surface area contributed by atoms with Gasteiger partial charge in [-0.3, -0.25) is 9.59 Å². The zero-order valence-electron chi connectivity index (χ0n) is 10.6. The van der Waals surface area contributed by atoms with E-state index in [1.165, 1.54) is 12.1 Å². The van der Waals surface area contributed by atoms with Gasteiger partial charge in [-0.1, -0.05) is 6.42 Å². The number of rotatable bonds is 4. The number of hydrogen-bond acceptors (Lipinski definition) is 3. The molecule has 0 spiro atoms. The van der Waals surface area contributed by atoms with E-state index in [4.69, 9.17) is 5.73 Å². The molecule has 0 saturated heterocycles. The molecule has 19 heavy (non-hydrogen) atoms. The fourth-order valence-corrected chi connectivity index (χ4v) is 2.37. The van der Waals surface area contributed by atoms with Crippen molar-refractivity contribution < 1.29 is 14.7 Å². The Morgan fingerprint density at radius 2 is 1.84 bits per heavy atom. The van der Waals surface area contributed by atoms with Crippen LogP contribution in [0.15, 0.2) is 24.3 Å². The molecule has 1 aromatic rings. The van der Waals surface area contributed by atoms with Crippen LogP contribution >= 0.6 is 0 Å². The number of carbonyl (C=O) groups excluding carboxylic acids is 2. The highest BCUT2D eigenvalue weighted by Gasteiger charge is 2.25. The van der Waals surface area contributed by atoms with Crippen LogP contribution in [-0.4, -0.2) is 29.6 Å². The fourth-order valence-electron chi connectivity index (χ4n) is 2.37. The monoisotopic (exact) mass is 262 g/mol. The fraction of sp³-hybridized carbons (Fsp3) is 0.429. The van der Waals surface area contributed by atoms with E-state index in [1.54, 1.807) is 12.1 Å². The molecule has 2 rings (SSSR count). The van der Waals surface area contributed by atoms with Crippen molar-refractivity contribution in [3.8, 4) is 0 Å². The van der Waals surface area contributed by atoms with Gasteiger partial charge in [0.05, 0.1) is 6.10 Å². The third-order valence-electron chi connectivity index (χ3n) is 3.58. The van der Waals surface area contributed by atoms with Crippen molar-refractivity contribution in [1.29, 1.82) is 0 Å². The normalized spacial score (nSPS) is 22.2. The minimum absolute atomic E-state index is 0.147. The number of carbonyl (C=O) groups is 2. The van der Waals surface area contributed by atoms with Crippen LogP contribution in [0.1, 0.15) is 40.0 Å². The lowest BCUT2D eigenvalue weighted by Gasteiger charge is -2.15. The van der Waals surface area contributed by atoms with Crippen molar-refractivity contribution >= 4 is 11.8 Å². The van der Waals surface area contributed by atoms with Crippen LogP contribution in [-0.2, 0) is 0 Å². The third kappa shape index (κ3) is 3.32. The van der Waals surface area contributed by atoms with Gasteiger partial charge in [-0.2, -0.15) is 0 Å². The summed E-state index contributed by atoms with van der Waals surface area (Å²) in [6, 6.07) is 6.20. The second-order valence-electron chi connectivity index (χ2n) is 4.91.